The maximum atomic E-state index is 12.7. The fraction of sp³-hybridized carbons (Fsp3) is 0.620. The normalized spacial score (nSPS) is 13.0. The highest BCUT2D eigenvalue weighted by atomic mass is 16.6. The van der Waals surface area contributed by atoms with Gasteiger partial charge in [0.1, 0.15) is 13.2 Å². The van der Waals surface area contributed by atoms with E-state index in [1.807, 2.05) is 12.2 Å². The minimum atomic E-state index is -0.847. The summed E-state index contributed by atoms with van der Waals surface area (Å²) in [7, 11) is 0. The summed E-state index contributed by atoms with van der Waals surface area (Å²) in [6, 6.07) is 0. The highest BCUT2D eigenvalue weighted by Crippen LogP contribution is 2.11. The summed E-state index contributed by atoms with van der Waals surface area (Å²) >= 11 is 0. The van der Waals surface area contributed by atoms with Gasteiger partial charge in [-0.2, -0.15) is 0 Å². The third kappa shape index (κ3) is 41.5. The van der Waals surface area contributed by atoms with Crippen molar-refractivity contribution in [3.63, 3.8) is 0 Å². The van der Waals surface area contributed by atoms with E-state index in [0.29, 0.717) is 12.8 Å². The molecule has 1 atom stereocenters. The molecule has 1 unspecified atom stereocenters. The Morgan fingerprint density at radius 3 is 1.32 bits per heavy atom. The number of unbranched alkanes of at least 4 members (excludes halogenated alkanes) is 12. The Morgan fingerprint density at radius 1 is 0.393 bits per heavy atom. The van der Waals surface area contributed by atoms with Crippen LogP contribution in [0.3, 0.4) is 0 Å². The molecule has 316 valence electrons. The summed E-state index contributed by atoms with van der Waals surface area (Å²) in [4.78, 5) is 37.6. The van der Waals surface area contributed by atoms with Crippen LogP contribution >= 0.6 is 0 Å². The van der Waals surface area contributed by atoms with Crippen molar-refractivity contribution in [3.8, 4) is 0 Å². The van der Waals surface area contributed by atoms with E-state index in [1.54, 1.807) is 6.08 Å². The Bertz CT molecular complexity index is 1170. The molecule has 0 aromatic carbocycles. The van der Waals surface area contributed by atoms with Crippen LogP contribution in [0.4, 0.5) is 0 Å². The highest BCUT2D eigenvalue weighted by molar-refractivity contribution is 5.72. The van der Waals surface area contributed by atoms with Crippen LogP contribution in [0.15, 0.2) is 97.2 Å². The van der Waals surface area contributed by atoms with Gasteiger partial charge in [0.25, 0.3) is 0 Å². The van der Waals surface area contributed by atoms with Gasteiger partial charge < -0.3 is 14.2 Å². The SMILES string of the molecule is CC/C=C\C/C=C\C/C=C\CCCCCCCCC(=O)OCC(COC(=O)C/C=C\C/C=C\C/C=C\CC)OC(=O)CC/C=C\C/C=C\CCCCCCCC. The van der Waals surface area contributed by atoms with E-state index in [2.05, 4.69) is 99.8 Å². The average molecular weight is 777 g/mol. The minimum absolute atomic E-state index is 0.119. The van der Waals surface area contributed by atoms with E-state index in [9.17, 15) is 14.4 Å². The Balaban J connectivity index is 4.52. The predicted octanol–water partition coefficient (Wildman–Crippen LogP) is 14.2. The summed E-state index contributed by atoms with van der Waals surface area (Å²) in [5.41, 5.74) is 0. The lowest BCUT2D eigenvalue weighted by Crippen LogP contribution is -2.30. The second-order valence-electron chi connectivity index (χ2n) is 14.2. The van der Waals surface area contributed by atoms with Gasteiger partial charge in [0.05, 0.1) is 6.42 Å². The Labute approximate surface area is 343 Å². The van der Waals surface area contributed by atoms with Crippen LogP contribution in [0.25, 0.3) is 0 Å². The molecule has 6 nitrogen and oxygen atoms in total. The van der Waals surface area contributed by atoms with Gasteiger partial charge in [-0.25, -0.2) is 0 Å². The number of carbonyl (C=O) groups excluding carboxylic acids is 3. The lowest BCUT2D eigenvalue weighted by atomic mass is 10.1. The van der Waals surface area contributed by atoms with Crippen LogP contribution < -0.4 is 0 Å². The van der Waals surface area contributed by atoms with Gasteiger partial charge in [-0.3, -0.25) is 14.4 Å². The molecule has 0 heterocycles. The van der Waals surface area contributed by atoms with Gasteiger partial charge in [0.15, 0.2) is 6.10 Å². The molecular formula is C50H80O6. The van der Waals surface area contributed by atoms with Crippen LogP contribution in [-0.2, 0) is 28.6 Å². The molecule has 0 aromatic rings. The van der Waals surface area contributed by atoms with Crippen molar-refractivity contribution in [2.24, 2.45) is 0 Å². The quantitative estimate of drug-likeness (QED) is 0.0269. The van der Waals surface area contributed by atoms with Crippen LogP contribution in [0.5, 0.6) is 0 Å². The van der Waals surface area contributed by atoms with Gasteiger partial charge in [-0.05, 0) is 83.5 Å². The first-order valence-corrected chi connectivity index (χ1v) is 22.2. The number of hydrogen-bond donors (Lipinski definition) is 0. The molecule has 0 fully saturated rings. The number of rotatable bonds is 38. The van der Waals surface area contributed by atoms with Crippen molar-refractivity contribution in [1.82, 2.24) is 0 Å². The van der Waals surface area contributed by atoms with E-state index >= 15 is 0 Å². The number of ether oxygens (including phenoxy) is 3. The van der Waals surface area contributed by atoms with Crippen molar-refractivity contribution < 1.29 is 28.6 Å². The first-order valence-electron chi connectivity index (χ1n) is 22.2. The molecule has 0 rings (SSSR count). The van der Waals surface area contributed by atoms with Crippen molar-refractivity contribution in [2.45, 2.75) is 187 Å². The third-order valence-electron chi connectivity index (χ3n) is 8.85. The van der Waals surface area contributed by atoms with E-state index in [0.717, 1.165) is 83.5 Å². The summed E-state index contributed by atoms with van der Waals surface area (Å²) < 4.78 is 16.5. The third-order valence-corrected chi connectivity index (χ3v) is 8.85. The average Bonchev–Trinajstić information content (AvgIpc) is 3.19. The van der Waals surface area contributed by atoms with Crippen LogP contribution in [0.1, 0.15) is 181 Å². The Morgan fingerprint density at radius 2 is 0.804 bits per heavy atom. The van der Waals surface area contributed by atoms with E-state index in [-0.39, 0.29) is 32.0 Å². The van der Waals surface area contributed by atoms with E-state index < -0.39 is 18.0 Å². The Kier molecular flexibility index (Phi) is 41.2. The molecule has 0 spiro atoms. The lowest BCUT2D eigenvalue weighted by Gasteiger charge is -2.18. The standard InChI is InChI=1S/C50H80O6/c1-4-7-10-13-16-19-21-23-24-25-27-28-31-34-37-40-43-49(52)55-46-47(45-54-48(51)42-39-36-33-30-18-15-12-9-6-3)56-50(53)44-41-38-35-32-29-26-22-20-17-14-11-8-5-2/h7,9-10,12,16,18-19,23-24,26,29-30,35-36,38-39,47H,4-6,8,11,13-15,17,20-22,25,27-28,31-34,37,40-46H2,1-3H3/b10-7-,12-9-,19-16-,24-23-,29-26-,30-18-,38-35-,39-36-. The molecule has 56 heavy (non-hydrogen) atoms. The minimum Gasteiger partial charge on any atom is -0.462 e. The molecule has 0 aliphatic rings. The molecule has 0 saturated heterocycles. The maximum Gasteiger partial charge on any atom is 0.309 e. The van der Waals surface area contributed by atoms with Gasteiger partial charge >= 0.3 is 17.9 Å². The topological polar surface area (TPSA) is 78.9 Å². The molecule has 0 saturated carbocycles. The van der Waals surface area contributed by atoms with E-state index in [4.69, 9.17) is 14.2 Å². The zero-order valence-electron chi connectivity index (χ0n) is 35.9. The Hall–Kier alpha value is -3.67. The monoisotopic (exact) mass is 777 g/mol. The van der Waals surface area contributed by atoms with Gasteiger partial charge in [-0.1, -0.05) is 176 Å². The smallest absolute Gasteiger partial charge is 0.309 e. The van der Waals surface area contributed by atoms with Crippen LogP contribution in [-0.4, -0.2) is 37.2 Å². The summed E-state index contributed by atoms with van der Waals surface area (Å²) in [5, 5.41) is 0. The molecule has 0 aliphatic carbocycles. The maximum absolute atomic E-state index is 12.7. The summed E-state index contributed by atoms with van der Waals surface area (Å²) in [5.74, 6) is -1.16. The van der Waals surface area contributed by atoms with Crippen molar-refractivity contribution in [2.75, 3.05) is 13.2 Å². The number of allylic oxidation sites excluding steroid dienone is 15. The summed E-state index contributed by atoms with van der Waals surface area (Å²) in [6.45, 7) is 6.21. The fourth-order valence-corrected chi connectivity index (χ4v) is 5.57. The van der Waals surface area contributed by atoms with Crippen LogP contribution in [0.2, 0.25) is 0 Å². The van der Waals surface area contributed by atoms with Gasteiger partial charge in [-0.15, -0.1) is 0 Å². The van der Waals surface area contributed by atoms with E-state index in [1.165, 1.54) is 51.4 Å². The second-order valence-corrected chi connectivity index (χ2v) is 14.2. The first-order chi connectivity index (χ1) is 27.5. The first kappa shape index (κ1) is 52.3. The molecule has 0 bridgehead atoms. The largest absolute Gasteiger partial charge is 0.462 e. The highest BCUT2D eigenvalue weighted by Gasteiger charge is 2.19. The number of hydrogen-bond acceptors (Lipinski definition) is 6. The molecule has 0 N–H and O–H groups in total. The zero-order chi connectivity index (χ0) is 40.8. The zero-order valence-corrected chi connectivity index (χ0v) is 35.9. The molecule has 0 aromatic heterocycles. The molecular weight excluding hydrogens is 697 g/mol. The predicted molar refractivity (Wildman–Crippen MR) is 237 cm³/mol. The molecule has 0 aliphatic heterocycles. The molecule has 0 amide bonds. The van der Waals surface area contributed by atoms with Crippen LogP contribution in [0, 0.1) is 0 Å². The second kappa shape index (κ2) is 44.0. The van der Waals surface area contributed by atoms with Gasteiger partial charge in [0, 0.05) is 12.8 Å². The lowest BCUT2D eigenvalue weighted by molar-refractivity contribution is -0.166. The fourth-order valence-electron chi connectivity index (χ4n) is 5.57. The number of carbonyl (C=O) groups is 3. The molecule has 0 radical (unpaired) electrons. The summed E-state index contributed by atoms with van der Waals surface area (Å²) in [6.07, 6.45) is 57.2. The van der Waals surface area contributed by atoms with Crippen molar-refractivity contribution >= 4 is 17.9 Å². The van der Waals surface area contributed by atoms with Crippen molar-refractivity contribution in [3.05, 3.63) is 97.2 Å². The van der Waals surface area contributed by atoms with Crippen molar-refractivity contribution in [1.29, 1.82) is 0 Å². The van der Waals surface area contributed by atoms with Gasteiger partial charge in [0.2, 0.25) is 0 Å². The number of esters is 3. The molecule has 6 heteroatoms.